The Morgan fingerprint density at radius 2 is 1.93 bits per heavy atom. The predicted molar refractivity (Wildman–Crippen MR) is 109 cm³/mol. The average molecular weight is 424 g/mol. The molecule has 2 atom stereocenters. The number of sulfonamides is 1. The van der Waals surface area contributed by atoms with Gasteiger partial charge in [0.25, 0.3) is 0 Å². The van der Waals surface area contributed by atoms with Gasteiger partial charge in [-0.1, -0.05) is 0 Å². The van der Waals surface area contributed by atoms with Crippen molar-refractivity contribution in [1.29, 1.82) is 0 Å². The Balaban J connectivity index is 1.57. The molecule has 2 aliphatic rings. The second-order valence-electron chi connectivity index (χ2n) is 8.58. The quantitative estimate of drug-likeness (QED) is 0.725. The van der Waals surface area contributed by atoms with E-state index in [2.05, 4.69) is 10.0 Å². The van der Waals surface area contributed by atoms with E-state index in [0.29, 0.717) is 18.8 Å². The first-order chi connectivity index (χ1) is 13.6. The number of hydrogen-bond acceptors (Lipinski definition) is 5. The summed E-state index contributed by atoms with van der Waals surface area (Å²) >= 11 is 0. The minimum atomic E-state index is -3.63. The molecule has 0 aromatic heterocycles. The molecular weight excluding hydrogens is 394 g/mol. The van der Waals surface area contributed by atoms with Gasteiger partial charge in [0.1, 0.15) is 0 Å². The molecule has 2 amide bonds. The molecule has 29 heavy (non-hydrogen) atoms. The van der Waals surface area contributed by atoms with E-state index in [9.17, 15) is 18.0 Å². The number of hydrogen-bond donors (Lipinski definition) is 2. The van der Waals surface area contributed by atoms with Crippen LogP contribution in [-0.2, 0) is 24.3 Å². The first kappa shape index (κ1) is 21.7. The maximum atomic E-state index is 12.5. The zero-order valence-corrected chi connectivity index (χ0v) is 17.9. The molecule has 9 heteroatoms. The lowest BCUT2D eigenvalue weighted by molar-refractivity contribution is -0.131. The first-order valence-corrected chi connectivity index (χ1v) is 11.4. The number of nitrogens with zero attached hydrogens (tertiary/aromatic N) is 1. The molecule has 2 aliphatic heterocycles. The van der Waals surface area contributed by atoms with Crippen LogP contribution in [0.25, 0.3) is 0 Å². The molecule has 0 spiro atoms. The molecular formula is C20H29N3O5S. The van der Waals surface area contributed by atoms with E-state index in [0.717, 1.165) is 12.8 Å². The van der Waals surface area contributed by atoms with Gasteiger partial charge in [-0.25, -0.2) is 13.1 Å². The van der Waals surface area contributed by atoms with Crippen LogP contribution < -0.4 is 10.0 Å². The van der Waals surface area contributed by atoms with Crippen LogP contribution in [-0.4, -0.2) is 56.5 Å². The Morgan fingerprint density at radius 3 is 2.48 bits per heavy atom. The Bertz CT molecular complexity index is 855. The highest BCUT2D eigenvalue weighted by Crippen LogP contribution is 2.27. The highest BCUT2D eigenvalue weighted by atomic mass is 32.2. The topological polar surface area (TPSA) is 105 Å². The van der Waals surface area contributed by atoms with E-state index in [-0.39, 0.29) is 41.3 Å². The highest BCUT2D eigenvalue weighted by Gasteiger charge is 2.39. The van der Waals surface area contributed by atoms with Crippen molar-refractivity contribution in [2.45, 2.75) is 56.6 Å². The summed E-state index contributed by atoms with van der Waals surface area (Å²) in [6.07, 6.45) is 1.90. The van der Waals surface area contributed by atoms with E-state index >= 15 is 0 Å². The monoisotopic (exact) mass is 423 g/mol. The zero-order chi connectivity index (χ0) is 21.2. The van der Waals surface area contributed by atoms with Crippen molar-refractivity contribution in [3.05, 3.63) is 24.3 Å². The number of carbonyl (C=O) groups is 2. The average Bonchev–Trinajstić information content (AvgIpc) is 3.29. The van der Waals surface area contributed by atoms with Crippen molar-refractivity contribution in [3.8, 4) is 0 Å². The molecule has 2 unspecified atom stereocenters. The summed E-state index contributed by atoms with van der Waals surface area (Å²) in [6, 6.07) is 6.01. The van der Waals surface area contributed by atoms with Gasteiger partial charge in [0.15, 0.2) is 0 Å². The van der Waals surface area contributed by atoms with Crippen LogP contribution in [0.15, 0.2) is 29.2 Å². The maximum Gasteiger partial charge on any atom is 0.240 e. The molecule has 8 nitrogen and oxygen atoms in total. The minimum absolute atomic E-state index is 0.0311. The van der Waals surface area contributed by atoms with Gasteiger partial charge in [0.05, 0.1) is 16.9 Å². The van der Waals surface area contributed by atoms with Crippen LogP contribution in [0.2, 0.25) is 0 Å². The second-order valence-corrected chi connectivity index (χ2v) is 10.3. The Kier molecular flexibility index (Phi) is 6.30. The summed E-state index contributed by atoms with van der Waals surface area (Å²) in [4.78, 5) is 26.5. The van der Waals surface area contributed by atoms with Gasteiger partial charge in [0, 0.05) is 37.3 Å². The Morgan fingerprint density at radius 1 is 1.24 bits per heavy atom. The molecule has 1 aromatic rings. The van der Waals surface area contributed by atoms with Crippen LogP contribution in [0.1, 0.15) is 40.0 Å². The van der Waals surface area contributed by atoms with Gasteiger partial charge in [-0.2, -0.15) is 0 Å². The molecule has 2 fully saturated rings. The van der Waals surface area contributed by atoms with Crippen LogP contribution in [0.3, 0.4) is 0 Å². The van der Waals surface area contributed by atoms with Gasteiger partial charge in [0.2, 0.25) is 21.8 Å². The van der Waals surface area contributed by atoms with E-state index in [4.69, 9.17) is 4.74 Å². The lowest BCUT2D eigenvalue weighted by Gasteiger charge is -2.31. The fourth-order valence-corrected chi connectivity index (χ4v) is 4.65. The van der Waals surface area contributed by atoms with E-state index in [1.807, 2.05) is 20.8 Å². The Hall–Kier alpha value is -1.97. The summed E-state index contributed by atoms with van der Waals surface area (Å²) in [5.74, 6) is -0.688. The fourth-order valence-electron chi connectivity index (χ4n) is 3.58. The number of carbonyl (C=O) groups excluding carboxylic acids is 2. The SMILES string of the molecule is CC(C)(C)N1CC(C(=O)Nc2ccc(S(=O)(=O)NCC3CCCO3)cc2)CC1=O. The minimum Gasteiger partial charge on any atom is -0.377 e. The van der Waals surface area contributed by atoms with Gasteiger partial charge >= 0.3 is 0 Å². The molecule has 1 aromatic carbocycles. The zero-order valence-electron chi connectivity index (χ0n) is 17.1. The van der Waals surface area contributed by atoms with E-state index in [1.165, 1.54) is 12.1 Å². The normalized spacial score (nSPS) is 22.9. The number of likely N-dealkylation sites (tertiary alicyclic amines) is 1. The summed E-state index contributed by atoms with van der Waals surface area (Å²) in [5.41, 5.74) is 0.174. The predicted octanol–water partition coefficient (Wildman–Crippen LogP) is 1.73. The smallest absolute Gasteiger partial charge is 0.240 e. The number of benzene rings is 1. The second kappa shape index (κ2) is 8.41. The van der Waals surface area contributed by atoms with Crippen molar-refractivity contribution in [3.63, 3.8) is 0 Å². The number of ether oxygens (including phenoxy) is 1. The summed E-state index contributed by atoms with van der Waals surface area (Å²) in [6.45, 7) is 7.13. The maximum absolute atomic E-state index is 12.5. The van der Waals surface area contributed by atoms with Crippen molar-refractivity contribution in [2.75, 3.05) is 25.0 Å². The van der Waals surface area contributed by atoms with E-state index < -0.39 is 15.9 Å². The largest absolute Gasteiger partial charge is 0.377 e. The van der Waals surface area contributed by atoms with Crippen LogP contribution in [0, 0.1) is 5.92 Å². The van der Waals surface area contributed by atoms with Gasteiger partial charge in [-0.3, -0.25) is 9.59 Å². The van der Waals surface area contributed by atoms with Crippen molar-refractivity contribution in [2.24, 2.45) is 5.92 Å². The van der Waals surface area contributed by atoms with Crippen LogP contribution in [0.4, 0.5) is 5.69 Å². The van der Waals surface area contributed by atoms with Gasteiger partial charge in [-0.05, 0) is 57.9 Å². The Labute approximate surface area is 172 Å². The molecule has 2 saturated heterocycles. The number of nitrogens with one attached hydrogen (secondary N) is 2. The summed E-state index contributed by atoms with van der Waals surface area (Å²) < 4.78 is 32.8. The summed E-state index contributed by atoms with van der Waals surface area (Å²) in [5, 5.41) is 2.78. The number of rotatable bonds is 6. The summed E-state index contributed by atoms with van der Waals surface area (Å²) in [7, 11) is -3.63. The third kappa shape index (κ3) is 5.34. The lowest BCUT2D eigenvalue weighted by atomic mass is 10.1. The lowest BCUT2D eigenvalue weighted by Crippen LogP contribution is -2.42. The third-order valence-electron chi connectivity index (χ3n) is 5.26. The van der Waals surface area contributed by atoms with Gasteiger partial charge in [-0.15, -0.1) is 0 Å². The van der Waals surface area contributed by atoms with Gasteiger partial charge < -0.3 is 15.0 Å². The number of amides is 2. The van der Waals surface area contributed by atoms with Crippen molar-refractivity contribution in [1.82, 2.24) is 9.62 Å². The first-order valence-electron chi connectivity index (χ1n) is 9.89. The molecule has 3 rings (SSSR count). The fraction of sp³-hybridized carbons (Fsp3) is 0.600. The van der Waals surface area contributed by atoms with Crippen LogP contribution in [0.5, 0.6) is 0 Å². The number of anilines is 1. The standard InChI is InChI=1S/C20H29N3O5S/c1-20(2,3)23-13-14(11-18(23)24)19(25)22-15-6-8-17(9-7-15)29(26,27)21-12-16-5-4-10-28-16/h6-9,14,16,21H,4-5,10-13H2,1-3H3,(H,22,25). The molecule has 2 heterocycles. The molecule has 0 aliphatic carbocycles. The molecule has 160 valence electrons. The van der Waals surface area contributed by atoms with E-state index in [1.54, 1.807) is 17.0 Å². The third-order valence-corrected chi connectivity index (χ3v) is 6.70. The van der Waals surface area contributed by atoms with Crippen molar-refractivity contribution >= 4 is 27.5 Å². The van der Waals surface area contributed by atoms with Crippen molar-refractivity contribution < 1.29 is 22.7 Å². The highest BCUT2D eigenvalue weighted by molar-refractivity contribution is 7.89. The molecule has 2 N–H and O–H groups in total. The van der Waals surface area contributed by atoms with Crippen LogP contribution >= 0.6 is 0 Å². The molecule has 0 radical (unpaired) electrons. The molecule has 0 bridgehead atoms. The molecule has 0 saturated carbocycles.